The molecule has 1 aromatic rings. The molecule has 0 spiro atoms. The Bertz CT molecular complexity index is 490. The molecular formula is C14H17F3N2O. The van der Waals surface area contributed by atoms with Crippen LogP contribution in [-0.4, -0.2) is 12.5 Å². The van der Waals surface area contributed by atoms with Gasteiger partial charge in [-0.05, 0) is 43.0 Å². The number of nitrogens with two attached hydrogens (primary N) is 1. The molecule has 20 heavy (non-hydrogen) atoms. The van der Waals surface area contributed by atoms with Crippen molar-refractivity contribution in [3.63, 3.8) is 0 Å². The molecule has 110 valence electrons. The first-order chi connectivity index (χ1) is 9.27. The molecule has 0 radical (unpaired) electrons. The molecule has 0 unspecified atom stereocenters. The zero-order chi connectivity index (χ0) is 15.0. The lowest BCUT2D eigenvalue weighted by atomic mass is 9.62. The van der Waals surface area contributed by atoms with Crippen LogP contribution in [0.2, 0.25) is 0 Å². The van der Waals surface area contributed by atoms with Crippen molar-refractivity contribution in [1.82, 2.24) is 0 Å². The molecule has 1 amide bonds. The lowest BCUT2D eigenvalue weighted by Gasteiger charge is -2.44. The average molecular weight is 286 g/mol. The van der Waals surface area contributed by atoms with E-state index in [4.69, 9.17) is 5.73 Å². The lowest BCUT2D eigenvalue weighted by molar-refractivity contribution is -0.137. The summed E-state index contributed by atoms with van der Waals surface area (Å²) in [7, 11) is 0. The van der Waals surface area contributed by atoms with E-state index in [-0.39, 0.29) is 12.5 Å². The highest BCUT2D eigenvalue weighted by atomic mass is 19.4. The number of benzene rings is 1. The predicted molar refractivity (Wildman–Crippen MR) is 70.0 cm³/mol. The van der Waals surface area contributed by atoms with Crippen molar-refractivity contribution in [3.05, 3.63) is 29.8 Å². The summed E-state index contributed by atoms with van der Waals surface area (Å²) < 4.78 is 37.3. The van der Waals surface area contributed by atoms with Gasteiger partial charge in [0.15, 0.2) is 0 Å². The zero-order valence-electron chi connectivity index (χ0n) is 11.1. The molecule has 0 atom stereocenters. The summed E-state index contributed by atoms with van der Waals surface area (Å²) in [5.41, 5.74) is 4.71. The second-order valence-electron chi connectivity index (χ2n) is 5.53. The number of amides is 1. The third-order valence-corrected chi connectivity index (χ3v) is 3.82. The van der Waals surface area contributed by atoms with Crippen molar-refractivity contribution in [2.45, 2.75) is 25.9 Å². The number of anilines is 1. The quantitative estimate of drug-likeness (QED) is 0.897. The number of carbonyl (C=O) groups is 1. The molecule has 1 fully saturated rings. The Labute approximate surface area is 115 Å². The molecule has 0 bridgehead atoms. The fourth-order valence-corrected chi connectivity index (χ4v) is 2.73. The Hall–Kier alpha value is -1.56. The smallest absolute Gasteiger partial charge is 0.329 e. The molecular weight excluding hydrogens is 269 g/mol. The van der Waals surface area contributed by atoms with Gasteiger partial charge in [-0.2, -0.15) is 13.2 Å². The van der Waals surface area contributed by atoms with Gasteiger partial charge in [0, 0.05) is 12.2 Å². The van der Waals surface area contributed by atoms with Crippen molar-refractivity contribution in [2.75, 3.05) is 11.9 Å². The molecule has 0 saturated heterocycles. The maximum atomic E-state index is 12.4. The van der Waals surface area contributed by atoms with E-state index < -0.39 is 17.2 Å². The van der Waals surface area contributed by atoms with E-state index in [0.717, 1.165) is 25.0 Å². The molecule has 1 aromatic carbocycles. The van der Waals surface area contributed by atoms with Crippen LogP contribution in [-0.2, 0) is 11.0 Å². The van der Waals surface area contributed by atoms with Crippen LogP contribution in [0.25, 0.3) is 0 Å². The molecule has 3 N–H and O–H groups in total. The Kier molecular flexibility index (Phi) is 3.77. The number of alkyl halides is 3. The van der Waals surface area contributed by atoms with E-state index in [9.17, 15) is 18.0 Å². The van der Waals surface area contributed by atoms with Crippen LogP contribution in [0.1, 0.15) is 25.3 Å². The molecule has 1 aliphatic rings. The summed E-state index contributed by atoms with van der Waals surface area (Å²) in [4.78, 5) is 12.2. The second-order valence-corrected chi connectivity index (χ2v) is 5.53. The van der Waals surface area contributed by atoms with Gasteiger partial charge in [-0.25, -0.2) is 0 Å². The maximum absolute atomic E-state index is 12.4. The molecule has 1 aliphatic carbocycles. The minimum Gasteiger partial charge on any atom is -0.329 e. The van der Waals surface area contributed by atoms with Gasteiger partial charge in [0.1, 0.15) is 0 Å². The summed E-state index contributed by atoms with van der Waals surface area (Å²) in [5, 5.41) is 2.65. The van der Waals surface area contributed by atoms with Crippen LogP contribution in [0.5, 0.6) is 0 Å². The topological polar surface area (TPSA) is 55.1 Å². The van der Waals surface area contributed by atoms with Crippen LogP contribution >= 0.6 is 0 Å². The van der Waals surface area contributed by atoms with Crippen molar-refractivity contribution in [3.8, 4) is 0 Å². The minimum atomic E-state index is -4.37. The van der Waals surface area contributed by atoms with Gasteiger partial charge in [-0.1, -0.05) is 6.92 Å². The first-order valence-electron chi connectivity index (χ1n) is 6.46. The van der Waals surface area contributed by atoms with Gasteiger partial charge in [0.25, 0.3) is 0 Å². The third-order valence-electron chi connectivity index (χ3n) is 3.82. The summed E-state index contributed by atoms with van der Waals surface area (Å²) >= 11 is 0. The number of carbonyl (C=O) groups excluding carboxylic acids is 1. The van der Waals surface area contributed by atoms with Crippen LogP contribution in [0.3, 0.4) is 0 Å². The average Bonchev–Trinajstić information content (AvgIpc) is 2.34. The Morgan fingerprint density at radius 1 is 1.35 bits per heavy atom. The predicted octanol–water partition coefficient (Wildman–Crippen LogP) is 3.02. The summed E-state index contributed by atoms with van der Waals surface area (Å²) in [5.74, 6) is 0.245. The molecule has 1 saturated carbocycles. The van der Waals surface area contributed by atoms with Crippen molar-refractivity contribution in [2.24, 2.45) is 17.1 Å². The van der Waals surface area contributed by atoms with Gasteiger partial charge < -0.3 is 11.1 Å². The van der Waals surface area contributed by atoms with Crippen molar-refractivity contribution >= 4 is 11.6 Å². The van der Waals surface area contributed by atoms with Gasteiger partial charge in [0.2, 0.25) is 5.91 Å². The van der Waals surface area contributed by atoms with E-state index in [1.54, 1.807) is 0 Å². The normalized spacial score (nSPS) is 25.9. The first-order valence-corrected chi connectivity index (χ1v) is 6.46. The highest BCUT2D eigenvalue weighted by molar-refractivity contribution is 5.96. The Morgan fingerprint density at radius 3 is 2.30 bits per heavy atom. The van der Waals surface area contributed by atoms with E-state index in [2.05, 4.69) is 5.32 Å². The maximum Gasteiger partial charge on any atom is 0.416 e. The molecule has 0 aliphatic heterocycles. The van der Waals surface area contributed by atoms with Crippen molar-refractivity contribution in [1.29, 1.82) is 0 Å². The van der Waals surface area contributed by atoms with Crippen LogP contribution in [0.15, 0.2) is 24.3 Å². The van der Waals surface area contributed by atoms with Gasteiger partial charge in [-0.15, -0.1) is 0 Å². The second kappa shape index (κ2) is 5.09. The number of hydrogen-bond acceptors (Lipinski definition) is 2. The molecule has 0 heterocycles. The monoisotopic (exact) mass is 286 g/mol. The molecule has 3 nitrogen and oxygen atoms in total. The van der Waals surface area contributed by atoms with Crippen LogP contribution in [0.4, 0.5) is 18.9 Å². The number of hydrogen-bond donors (Lipinski definition) is 2. The first kappa shape index (κ1) is 14.8. The van der Waals surface area contributed by atoms with Gasteiger partial charge >= 0.3 is 6.18 Å². The molecule has 2 rings (SSSR count). The van der Waals surface area contributed by atoms with Gasteiger partial charge in [0.05, 0.1) is 11.0 Å². The summed E-state index contributed by atoms with van der Waals surface area (Å²) in [6, 6.07) is 4.42. The fourth-order valence-electron chi connectivity index (χ4n) is 2.73. The van der Waals surface area contributed by atoms with E-state index >= 15 is 0 Å². The molecule has 6 heteroatoms. The molecule has 0 aromatic heterocycles. The highest BCUT2D eigenvalue weighted by Crippen LogP contribution is 2.45. The summed E-state index contributed by atoms with van der Waals surface area (Å²) in [6.07, 6.45) is -2.93. The van der Waals surface area contributed by atoms with Gasteiger partial charge in [-0.3, -0.25) is 4.79 Å². The van der Waals surface area contributed by atoms with E-state index in [1.807, 2.05) is 6.92 Å². The van der Waals surface area contributed by atoms with E-state index in [0.29, 0.717) is 11.6 Å². The lowest BCUT2D eigenvalue weighted by Crippen LogP contribution is -2.51. The Morgan fingerprint density at radius 2 is 1.90 bits per heavy atom. The number of rotatable bonds is 3. The zero-order valence-corrected chi connectivity index (χ0v) is 11.1. The van der Waals surface area contributed by atoms with Crippen LogP contribution < -0.4 is 11.1 Å². The largest absolute Gasteiger partial charge is 0.416 e. The number of nitrogens with one attached hydrogen (secondary N) is 1. The van der Waals surface area contributed by atoms with Crippen molar-refractivity contribution < 1.29 is 18.0 Å². The van der Waals surface area contributed by atoms with Crippen LogP contribution in [0, 0.1) is 11.3 Å². The summed E-state index contributed by atoms with van der Waals surface area (Å²) in [6.45, 7) is 2.29. The fraction of sp³-hybridized carbons (Fsp3) is 0.500. The minimum absolute atomic E-state index is 0.210. The Balaban J connectivity index is 2.05. The van der Waals surface area contributed by atoms with E-state index in [1.165, 1.54) is 12.1 Å². The number of halogens is 3. The standard InChI is InChI=1S/C14H17F3N2O/c1-9-6-13(7-9,8-18)12(20)19-11-4-2-10(3-5-11)14(15,16)17/h2-5,9H,6-8,18H2,1H3,(H,19,20). The highest BCUT2D eigenvalue weighted by Gasteiger charge is 2.47. The third kappa shape index (κ3) is 2.80. The SMILES string of the molecule is CC1CC(CN)(C(=O)Nc2ccc(C(F)(F)F)cc2)C1.